The van der Waals surface area contributed by atoms with Crippen LogP contribution in [0.1, 0.15) is 61.1 Å². The molecule has 1 aromatic carbocycles. The van der Waals surface area contributed by atoms with E-state index < -0.39 is 0 Å². The van der Waals surface area contributed by atoms with Gasteiger partial charge < -0.3 is 24.7 Å². The number of amides is 3. The highest BCUT2D eigenvalue weighted by molar-refractivity contribution is 5.81. The number of nitrogens with zero attached hydrogens (tertiary/aromatic N) is 1. The topological polar surface area (TPSA) is 101 Å². The van der Waals surface area contributed by atoms with Crippen LogP contribution in [0.3, 0.4) is 0 Å². The van der Waals surface area contributed by atoms with Crippen LogP contribution in [0.2, 0.25) is 0 Å². The minimum absolute atomic E-state index is 0.152. The van der Waals surface area contributed by atoms with Gasteiger partial charge >= 0.3 is 12.0 Å². The number of hydrogen-bond donors (Lipinski definition) is 2. The second-order valence-electron chi connectivity index (χ2n) is 9.13. The molecule has 34 heavy (non-hydrogen) atoms. The Balaban J connectivity index is 1.16. The van der Waals surface area contributed by atoms with Crippen LogP contribution in [0.5, 0.6) is 0 Å². The maximum Gasteiger partial charge on any atom is 0.317 e. The Morgan fingerprint density at radius 1 is 1.12 bits per heavy atom. The van der Waals surface area contributed by atoms with E-state index in [1.165, 1.54) is 24.0 Å². The van der Waals surface area contributed by atoms with Gasteiger partial charge in [-0.2, -0.15) is 0 Å². The number of likely N-dealkylation sites (tertiary alicyclic amines) is 1. The monoisotopic (exact) mass is 467 g/mol. The first-order valence-electron chi connectivity index (χ1n) is 12.1. The molecule has 0 bridgehead atoms. The molecule has 2 aliphatic rings. The molecule has 0 saturated carbocycles. The lowest BCUT2D eigenvalue weighted by molar-refractivity contribution is -0.154. The number of furan rings is 1. The van der Waals surface area contributed by atoms with Gasteiger partial charge in [0.25, 0.3) is 5.91 Å². The number of aryl methyl sites for hydroxylation is 2. The molecular weight excluding hydrogens is 434 g/mol. The average Bonchev–Trinajstić information content (AvgIpc) is 3.39. The zero-order chi connectivity index (χ0) is 23.9. The number of ether oxygens (including phenoxy) is 1. The minimum atomic E-state index is -0.382. The van der Waals surface area contributed by atoms with Crippen LogP contribution in [0, 0.1) is 5.92 Å². The van der Waals surface area contributed by atoms with Crippen molar-refractivity contribution >= 4 is 17.9 Å². The van der Waals surface area contributed by atoms with Crippen molar-refractivity contribution in [3.05, 3.63) is 59.0 Å². The van der Waals surface area contributed by atoms with Gasteiger partial charge in [0.05, 0.1) is 24.8 Å². The van der Waals surface area contributed by atoms with E-state index in [1.807, 2.05) is 6.92 Å². The summed E-state index contributed by atoms with van der Waals surface area (Å²) < 4.78 is 10.5. The molecule has 0 spiro atoms. The zero-order valence-electron chi connectivity index (χ0n) is 19.7. The third-order valence-corrected chi connectivity index (χ3v) is 6.71. The summed E-state index contributed by atoms with van der Waals surface area (Å²) in [6.07, 6.45) is 7.25. The van der Waals surface area contributed by atoms with Gasteiger partial charge in [-0.1, -0.05) is 18.2 Å². The van der Waals surface area contributed by atoms with Gasteiger partial charge in [-0.05, 0) is 74.3 Å². The van der Waals surface area contributed by atoms with Gasteiger partial charge in [0, 0.05) is 13.1 Å². The predicted molar refractivity (Wildman–Crippen MR) is 126 cm³/mol. The molecule has 0 unspecified atom stereocenters. The summed E-state index contributed by atoms with van der Waals surface area (Å²) in [5.74, 6) is -0.313. The molecule has 2 aromatic rings. The molecule has 8 heteroatoms. The molecule has 1 aliphatic heterocycles. The Kier molecular flexibility index (Phi) is 7.87. The third-order valence-electron chi connectivity index (χ3n) is 6.71. The zero-order valence-corrected chi connectivity index (χ0v) is 19.7. The number of carbonyl (C=O) groups excluding carboxylic acids is 3. The van der Waals surface area contributed by atoms with Crippen LogP contribution >= 0.6 is 0 Å². The molecule has 1 atom stereocenters. The summed E-state index contributed by atoms with van der Waals surface area (Å²) in [4.78, 5) is 38.8. The fraction of sp³-hybridized carbons (Fsp3) is 0.500. The third kappa shape index (κ3) is 6.18. The molecule has 1 aromatic heterocycles. The van der Waals surface area contributed by atoms with Gasteiger partial charge in [0.15, 0.2) is 6.61 Å². The fourth-order valence-electron chi connectivity index (χ4n) is 4.65. The lowest BCUT2D eigenvalue weighted by Gasteiger charge is -2.30. The molecule has 0 radical (unpaired) electrons. The van der Waals surface area contributed by atoms with Crippen LogP contribution in [0.25, 0.3) is 0 Å². The number of nitrogens with one attached hydrogen (secondary N) is 2. The van der Waals surface area contributed by atoms with Gasteiger partial charge in [-0.3, -0.25) is 9.59 Å². The van der Waals surface area contributed by atoms with Crippen LogP contribution in [0.15, 0.2) is 41.0 Å². The van der Waals surface area contributed by atoms with Gasteiger partial charge in [-0.25, -0.2) is 4.79 Å². The second-order valence-corrected chi connectivity index (χ2v) is 9.13. The first-order valence-corrected chi connectivity index (χ1v) is 12.1. The number of urea groups is 1. The fourth-order valence-corrected chi connectivity index (χ4v) is 4.65. The van der Waals surface area contributed by atoms with Crippen molar-refractivity contribution in [2.45, 2.75) is 58.0 Å². The van der Waals surface area contributed by atoms with E-state index >= 15 is 0 Å². The van der Waals surface area contributed by atoms with Crippen molar-refractivity contribution in [1.29, 1.82) is 0 Å². The molecule has 2 N–H and O–H groups in total. The average molecular weight is 468 g/mol. The number of carbonyl (C=O) groups is 3. The van der Waals surface area contributed by atoms with E-state index in [0.29, 0.717) is 38.2 Å². The van der Waals surface area contributed by atoms with Gasteiger partial charge in [-0.15, -0.1) is 0 Å². The van der Waals surface area contributed by atoms with E-state index in [-0.39, 0.29) is 36.5 Å². The summed E-state index contributed by atoms with van der Waals surface area (Å²) in [6, 6.07) is 9.65. The van der Waals surface area contributed by atoms with E-state index in [1.54, 1.807) is 23.3 Å². The predicted octanol–water partition coefficient (Wildman–Crippen LogP) is 3.50. The highest BCUT2D eigenvalue weighted by Gasteiger charge is 2.29. The van der Waals surface area contributed by atoms with Crippen LogP contribution in [0.4, 0.5) is 4.79 Å². The number of hydrogen-bond acceptors (Lipinski definition) is 5. The van der Waals surface area contributed by atoms with Crippen molar-refractivity contribution < 1.29 is 23.5 Å². The van der Waals surface area contributed by atoms with Crippen LogP contribution < -0.4 is 10.6 Å². The molecule has 2 heterocycles. The van der Waals surface area contributed by atoms with E-state index in [9.17, 15) is 14.4 Å². The first kappa shape index (κ1) is 23.9. The van der Waals surface area contributed by atoms with Crippen LogP contribution in [-0.2, 0) is 33.7 Å². The number of rotatable bonds is 7. The second kappa shape index (κ2) is 11.2. The molecule has 4 rings (SSSR count). The number of benzene rings is 1. The van der Waals surface area contributed by atoms with E-state index in [0.717, 1.165) is 18.4 Å². The van der Waals surface area contributed by atoms with E-state index in [4.69, 9.17) is 9.15 Å². The first-order chi connectivity index (χ1) is 16.5. The Bertz CT molecular complexity index is 996. The maximum atomic E-state index is 12.4. The lowest BCUT2D eigenvalue weighted by Crippen LogP contribution is -2.45. The standard InChI is InChI=1S/C26H33N3O5/c1-18(21-9-8-19-5-2-3-6-22(19)15-21)28-24(30)17-34-25(31)20-10-12-29(13-11-20)26(32)27-16-23-7-4-14-33-23/h4,7-9,14-15,18,20H,2-3,5-6,10-13,16-17H2,1H3,(H,27,32)(H,28,30)/t18-/m1/s1. The molecule has 1 saturated heterocycles. The lowest BCUT2D eigenvalue weighted by atomic mass is 9.89. The summed E-state index contributed by atoms with van der Waals surface area (Å²) in [6.45, 7) is 2.90. The number of piperidine rings is 1. The number of fused-ring (bicyclic) bond motifs is 1. The normalized spacial score (nSPS) is 16.9. The Morgan fingerprint density at radius 3 is 2.62 bits per heavy atom. The summed E-state index contributed by atoms with van der Waals surface area (Å²) >= 11 is 0. The van der Waals surface area contributed by atoms with Crippen molar-refractivity contribution in [2.24, 2.45) is 5.92 Å². The van der Waals surface area contributed by atoms with Crippen LogP contribution in [-0.4, -0.2) is 42.5 Å². The SMILES string of the molecule is C[C@@H](NC(=O)COC(=O)C1CCN(C(=O)NCc2ccco2)CC1)c1ccc2c(c1)CCCC2. The number of esters is 1. The molecule has 1 fully saturated rings. The minimum Gasteiger partial charge on any atom is -0.467 e. The van der Waals surface area contributed by atoms with Gasteiger partial charge in [0.2, 0.25) is 0 Å². The van der Waals surface area contributed by atoms with Crippen molar-refractivity contribution in [2.75, 3.05) is 19.7 Å². The molecule has 1 aliphatic carbocycles. The van der Waals surface area contributed by atoms with Crippen molar-refractivity contribution in [1.82, 2.24) is 15.5 Å². The highest BCUT2D eigenvalue weighted by atomic mass is 16.5. The Morgan fingerprint density at radius 2 is 1.88 bits per heavy atom. The molecule has 3 amide bonds. The Hall–Kier alpha value is -3.29. The van der Waals surface area contributed by atoms with E-state index in [2.05, 4.69) is 28.8 Å². The summed E-state index contributed by atoms with van der Waals surface area (Å²) in [5.41, 5.74) is 3.85. The Labute approximate surface area is 200 Å². The molecular formula is C26H33N3O5. The van der Waals surface area contributed by atoms with Gasteiger partial charge in [0.1, 0.15) is 5.76 Å². The molecule has 8 nitrogen and oxygen atoms in total. The smallest absolute Gasteiger partial charge is 0.317 e. The quantitative estimate of drug-likeness (QED) is 0.607. The van der Waals surface area contributed by atoms with Crippen molar-refractivity contribution in [3.8, 4) is 0 Å². The summed E-state index contributed by atoms with van der Waals surface area (Å²) in [7, 11) is 0. The highest BCUT2D eigenvalue weighted by Crippen LogP contribution is 2.25. The maximum absolute atomic E-state index is 12.4. The van der Waals surface area contributed by atoms with Crippen molar-refractivity contribution in [3.63, 3.8) is 0 Å². The molecule has 182 valence electrons. The summed E-state index contributed by atoms with van der Waals surface area (Å²) in [5, 5.41) is 5.74. The largest absolute Gasteiger partial charge is 0.467 e.